The first-order valence-corrected chi connectivity index (χ1v) is 5.82. The molecule has 0 aromatic heterocycles. The molecule has 0 spiro atoms. The molecule has 2 atom stereocenters. The second-order valence-corrected chi connectivity index (χ2v) is 4.14. The summed E-state index contributed by atoms with van der Waals surface area (Å²) in [5.41, 5.74) is 0. The maximum absolute atomic E-state index is 11.4. The van der Waals surface area contributed by atoms with Crippen molar-refractivity contribution < 1.29 is 39.0 Å². The van der Waals surface area contributed by atoms with Crippen molar-refractivity contribution in [2.45, 2.75) is 18.6 Å². The number of carbonyl (C=O) groups is 6. The molecule has 0 aromatic carbocycles. The highest BCUT2D eigenvalue weighted by atomic mass is 16.4. The lowest BCUT2D eigenvalue weighted by Gasteiger charge is -2.18. The average molecular weight is 300 g/mol. The predicted octanol–water partition coefficient (Wildman–Crippen LogP) is -3.78. The molecule has 1 fully saturated rings. The lowest BCUT2D eigenvalue weighted by atomic mass is 10.2. The number of aliphatic hydroxyl groups excluding tert-OH is 2. The van der Waals surface area contributed by atoms with Gasteiger partial charge in [-0.05, 0) is 6.42 Å². The zero-order valence-electron chi connectivity index (χ0n) is 10.7. The summed E-state index contributed by atoms with van der Waals surface area (Å²) in [4.78, 5) is 66.7. The Kier molecular flexibility index (Phi) is 5.38. The largest absolute Gasteiger partial charge is 0.380 e. The Balaban J connectivity index is 2.63. The van der Waals surface area contributed by atoms with Gasteiger partial charge in [-0.25, -0.2) is 0 Å². The van der Waals surface area contributed by atoms with Crippen LogP contribution in [0.2, 0.25) is 0 Å². The molecule has 1 aliphatic heterocycles. The van der Waals surface area contributed by atoms with E-state index < -0.39 is 35.8 Å². The number of aliphatic hydroxyl groups is 2. The number of carbonyl (C=O) groups excluding carboxylic acids is 6. The summed E-state index contributed by atoms with van der Waals surface area (Å²) in [6.07, 6.45) is -4.11. The molecule has 10 nitrogen and oxygen atoms in total. The van der Waals surface area contributed by atoms with E-state index in [0.717, 1.165) is 0 Å². The van der Waals surface area contributed by atoms with E-state index in [9.17, 15) is 39.0 Å². The molecule has 1 aliphatic rings. The SMILES string of the molecule is O=CC(=O)N(CCCN1C(=O)C(O)C(O)C1=O)C(=O)C=O. The molecular weight excluding hydrogens is 288 g/mol. The van der Waals surface area contributed by atoms with Crippen molar-refractivity contribution in [3.05, 3.63) is 0 Å². The summed E-state index contributed by atoms with van der Waals surface area (Å²) < 4.78 is 0. The highest BCUT2D eigenvalue weighted by Gasteiger charge is 2.45. The van der Waals surface area contributed by atoms with E-state index in [1.165, 1.54) is 0 Å². The van der Waals surface area contributed by atoms with Gasteiger partial charge < -0.3 is 10.2 Å². The van der Waals surface area contributed by atoms with Crippen molar-refractivity contribution in [1.29, 1.82) is 0 Å². The van der Waals surface area contributed by atoms with E-state index in [2.05, 4.69) is 0 Å². The van der Waals surface area contributed by atoms with Crippen LogP contribution in [0.4, 0.5) is 0 Å². The third-order valence-corrected chi connectivity index (χ3v) is 2.83. The van der Waals surface area contributed by atoms with Crippen LogP contribution in [0.1, 0.15) is 6.42 Å². The molecule has 1 heterocycles. The van der Waals surface area contributed by atoms with E-state index in [1.807, 2.05) is 0 Å². The van der Waals surface area contributed by atoms with Gasteiger partial charge in [-0.1, -0.05) is 0 Å². The molecule has 1 rings (SSSR count). The maximum atomic E-state index is 11.4. The van der Waals surface area contributed by atoms with Gasteiger partial charge in [0.25, 0.3) is 23.6 Å². The first kappa shape index (κ1) is 16.6. The average Bonchev–Trinajstić information content (AvgIpc) is 2.67. The Hall–Kier alpha value is -2.46. The van der Waals surface area contributed by atoms with E-state index >= 15 is 0 Å². The highest BCUT2D eigenvalue weighted by molar-refractivity contribution is 6.35. The number of imide groups is 2. The summed E-state index contributed by atoms with van der Waals surface area (Å²) in [5.74, 6) is -4.46. The Morgan fingerprint density at radius 2 is 1.48 bits per heavy atom. The zero-order valence-corrected chi connectivity index (χ0v) is 10.7. The van der Waals surface area contributed by atoms with Crippen LogP contribution in [0.3, 0.4) is 0 Å². The molecule has 10 heteroatoms. The predicted molar refractivity (Wildman–Crippen MR) is 62.2 cm³/mol. The van der Waals surface area contributed by atoms with Gasteiger partial charge in [0, 0.05) is 13.1 Å². The Morgan fingerprint density at radius 3 is 1.86 bits per heavy atom. The topological polar surface area (TPSA) is 149 Å². The summed E-state index contributed by atoms with van der Waals surface area (Å²) in [6.45, 7) is -0.668. The molecular formula is C11H12N2O8. The van der Waals surface area contributed by atoms with Crippen LogP contribution in [-0.4, -0.2) is 81.5 Å². The monoisotopic (exact) mass is 300 g/mol. The normalized spacial score (nSPS) is 21.3. The van der Waals surface area contributed by atoms with E-state index in [4.69, 9.17) is 0 Å². The molecule has 4 amide bonds. The molecule has 2 unspecified atom stereocenters. The van der Waals surface area contributed by atoms with Crippen molar-refractivity contribution in [3.63, 3.8) is 0 Å². The van der Waals surface area contributed by atoms with E-state index in [1.54, 1.807) is 0 Å². The lowest BCUT2D eigenvalue weighted by molar-refractivity contribution is -0.150. The second kappa shape index (κ2) is 6.81. The first-order valence-electron chi connectivity index (χ1n) is 5.82. The van der Waals surface area contributed by atoms with Gasteiger partial charge >= 0.3 is 0 Å². The molecule has 0 aliphatic carbocycles. The molecule has 0 aromatic rings. The fraction of sp³-hybridized carbons (Fsp3) is 0.455. The standard InChI is InChI=1S/C11H12N2O8/c14-4-6(16)12(7(17)5-15)2-1-3-13-10(20)8(18)9(19)11(13)21/h4-5,8-9,18-19H,1-3H2. The number of amides is 4. The summed E-state index contributed by atoms with van der Waals surface area (Å²) in [5, 5.41) is 18.4. The Bertz CT molecular complexity index is 462. The van der Waals surface area contributed by atoms with Gasteiger partial charge in [0.15, 0.2) is 12.2 Å². The molecule has 21 heavy (non-hydrogen) atoms. The summed E-state index contributed by atoms with van der Waals surface area (Å²) >= 11 is 0. The van der Waals surface area contributed by atoms with Crippen LogP contribution < -0.4 is 0 Å². The van der Waals surface area contributed by atoms with Crippen molar-refractivity contribution in [2.24, 2.45) is 0 Å². The molecule has 0 radical (unpaired) electrons. The number of aldehydes is 2. The number of hydrogen-bond donors (Lipinski definition) is 2. The van der Waals surface area contributed by atoms with Gasteiger partial charge in [0.1, 0.15) is 0 Å². The van der Waals surface area contributed by atoms with E-state index in [-0.39, 0.29) is 32.1 Å². The molecule has 0 bridgehead atoms. The first-order chi connectivity index (χ1) is 9.84. The van der Waals surface area contributed by atoms with Crippen molar-refractivity contribution >= 4 is 36.2 Å². The Labute approximate surface area is 117 Å². The molecule has 114 valence electrons. The highest BCUT2D eigenvalue weighted by Crippen LogP contribution is 2.14. The van der Waals surface area contributed by atoms with Crippen LogP contribution in [0.25, 0.3) is 0 Å². The molecule has 0 saturated carbocycles. The zero-order chi connectivity index (χ0) is 16.2. The molecule has 1 saturated heterocycles. The minimum absolute atomic E-state index is 0.115. The summed E-state index contributed by atoms with van der Waals surface area (Å²) in [6, 6.07) is 0. The van der Waals surface area contributed by atoms with E-state index in [0.29, 0.717) is 9.80 Å². The fourth-order valence-electron chi connectivity index (χ4n) is 1.76. The minimum Gasteiger partial charge on any atom is -0.380 e. The second-order valence-electron chi connectivity index (χ2n) is 4.14. The quantitative estimate of drug-likeness (QED) is 0.288. The van der Waals surface area contributed by atoms with Gasteiger partial charge in [0.2, 0.25) is 12.6 Å². The van der Waals surface area contributed by atoms with Crippen LogP contribution in [0.15, 0.2) is 0 Å². The minimum atomic E-state index is -1.85. The van der Waals surface area contributed by atoms with Gasteiger partial charge in [0.05, 0.1) is 0 Å². The van der Waals surface area contributed by atoms with Crippen LogP contribution in [0.5, 0.6) is 0 Å². The smallest absolute Gasteiger partial charge is 0.293 e. The molecule has 2 N–H and O–H groups in total. The number of hydrogen-bond acceptors (Lipinski definition) is 8. The number of rotatable bonds is 6. The van der Waals surface area contributed by atoms with Gasteiger partial charge in [-0.15, -0.1) is 0 Å². The number of likely N-dealkylation sites (tertiary alicyclic amines) is 1. The lowest BCUT2D eigenvalue weighted by Crippen LogP contribution is -2.41. The van der Waals surface area contributed by atoms with Crippen LogP contribution in [-0.2, 0) is 28.8 Å². The van der Waals surface area contributed by atoms with Gasteiger partial charge in [-0.3, -0.25) is 38.6 Å². The van der Waals surface area contributed by atoms with Crippen molar-refractivity contribution in [3.8, 4) is 0 Å². The third-order valence-electron chi connectivity index (χ3n) is 2.83. The summed E-state index contributed by atoms with van der Waals surface area (Å²) in [7, 11) is 0. The Morgan fingerprint density at radius 1 is 1.05 bits per heavy atom. The fourth-order valence-corrected chi connectivity index (χ4v) is 1.76. The van der Waals surface area contributed by atoms with Crippen molar-refractivity contribution in [2.75, 3.05) is 13.1 Å². The van der Waals surface area contributed by atoms with Crippen LogP contribution >= 0.6 is 0 Å². The van der Waals surface area contributed by atoms with Crippen LogP contribution in [0, 0.1) is 0 Å². The number of nitrogens with zero attached hydrogens (tertiary/aromatic N) is 2. The maximum Gasteiger partial charge on any atom is 0.293 e. The third kappa shape index (κ3) is 3.35. The van der Waals surface area contributed by atoms with Crippen molar-refractivity contribution in [1.82, 2.24) is 9.80 Å². The van der Waals surface area contributed by atoms with Gasteiger partial charge in [-0.2, -0.15) is 0 Å².